The van der Waals surface area contributed by atoms with E-state index in [-0.39, 0.29) is 17.8 Å². The van der Waals surface area contributed by atoms with Crippen molar-refractivity contribution in [2.45, 2.75) is 13.0 Å². The van der Waals surface area contributed by atoms with Gasteiger partial charge in [0.15, 0.2) is 5.82 Å². The molecule has 7 heteroatoms. The number of H-pyrrole nitrogens is 2. The SMILES string of the molecule is C[C@@H](NC(=O)c1nc2cc3c(-c4ccncc4)n[nH]c3cc2[nH]1)c1ccccc1. The van der Waals surface area contributed by atoms with Gasteiger partial charge in [-0.3, -0.25) is 14.9 Å². The Balaban J connectivity index is 1.48. The van der Waals surface area contributed by atoms with Gasteiger partial charge < -0.3 is 10.3 Å². The lowest BCUT2D eigenvalue weighted by Crippen LogP contribution is -2.27. The first kappa shape index (κ1) is 17.1. The van der Waals surface area contributed by atoms with Gasteiger partial charge in [0.1, 0.15) is 5.69 Å². The van der Waals surface area contributed by atoms with Gasteiger partial charge in [-0.1, -0.05) is 30.3 Å². The van der Waals surface area contributed by atoms with Crippen LogP contribution in [0.3, 0.4) is 0 Å². The van der Waals surface area contributed by atoms with E-state index >= 15 is 0 Å². The standard InChI is InChI=1S/C22H18N6O/c1-13(14-5-3-2-4-6-14)24-22(29)21-25-18-11-16-17(12-19(18)26-21)27-28-20(16)15-7-9-23-10-8-15/h2-13H,1H3,(H,24,29)(H,25,26)(H,27,28)/t13-/m1/s1. The molecule has 1 atom stereocenters. The normalized spacial score (nSPS) is 12.3. The Morgan fingerprint density at radius 3 is 2.62 bits per heavy atom. The summed E-state index contributed by atoms with van der Waals surface area (Å²) in [6.07, 6.45) is 3.47. The van der Waals surface area contributed by atoms with Crippen molar-refractivity contribution < 1.29 is 4.79 Å². The Labute approximate surface area is 166 Å². The van der Waals surface area contributed by atoms with Crippen LogP contribution in [0, 0.1) is 0 Å². The van der Waals surface area contributed by atoms with Gasteiger partial charge in [-0.25, -0.2) is 4.98 Å². The zero-order valence-corrected chi connectivity index (χ0v) is 15.7. The van der Waals surface area contributed by atoms with Crippen LogP contribution in [0.4, 0.5) is 0 Å². The Morgan fingerprint density at radius 2 is 1.83 bits per heavy atom. The number of rotatable bonds is 4. The van der Waals surface area contributed by atoms with Crippen LogP contribution in [0.1, 0.15) is 29.1 Å². The number of hydrogen-bond acceptors (Lipinski definition) is 4. The molecule has 1 amide bonds. The molecule has 3 N–H and O–H groups in total. The van der Waals surface area contributed by atoms with E-state index in [0.29, 0.717) is 5.52 Å². The highest BCUT2D eigenvalue weighted by Crippen LogP contribution is 2.28. The van der Waals surface area contributed by atoms with E-state index in [4.69, 9.17) is 0 Å². The maximum absolute atomic E-state index is 12.7. The maximum atomic E-state index is 12.7. The number of fused-ring (bicyclic) bond motifs is 2. The van der Waals surface area contributed by atoms with Crippen LogP contribution in [0.15, 0.2) is 67.0 Å². The summed E-state index contributed by atoms with van der Waals surface area (Å²) in [5, 5.41) is 11.4. The second-order valence-corrected chi connectivity index (χ2v) is 6.91. The van der Waals surface area contributed by atoms with Crippen molar-refractivity contribution in [3.05, 3.63) is 78.4 Å². The molecule has 3 heterocycles. The van der Waals surface area contributed by atoms with Gasteiger partial charge in [-0.05, 0) is 36.8 Å². The maximum Gasteiger partial charge on any atom is 0.287 e. The van der Waals surface area contributed by atoms with Gasteiger partial charge in [0.05, 0.1) is 22.6 Å². The zero-order valence-electron chi connectivity index (χ0n) is 15.7. The summed E-state index contributed by atoms with van der Waals surface area (Å²) in [4.78, 5) is 24.4. The number of carbonyl (C=O) groups excluding carboxylic acids is 1. The molecule has 5 aromatic rings. The molecule has 0 saturated heterocycles. The summed E-state index contributed by atoms with van der Waals surface area (Å²) in [5.41, 5.74) is 5.20. The van der Waals surface area contributed by atoms with Crippen molar-refractivity contribution in [1.82, 2.24) is 30.5 Å². The minimum absolute atomic E-state index is 0.117. The predicted octanol–water partition coefficient (Wildman–Crippen LogP) is 3.99. The number of nitrogens with one attached hydrogen (secondary N) is 3. The van der Waals surface area contributed by atoms with Gasteiger partial charge >= 0.3 is 0 Å². The first-order valence-corrected chi connectivity index (χ1v) is 9.33. The Morgan fingerprint density at radius 1 is 1.03 bits per heavy atom. The van der Waals surface area contributed by atoms with E-state index < -0.39 is 0 Å². The van der Waals surface area contributed by atoms with Crippen LogP contribution in [0.5, 0.6) is 0 Å². The van der Waals surface area contributed by atoms with Crippen molar-refractivity contribution >= 4 is 27.8 Å². The van der Waals surface area contributed by atoms with Crippen molar-refractivity contribution in [3.63, 3.8) is 0 Å². The van der Waals surface area contributed by atoms with E-state index in [1.807, 2.05) is 61.5 Å². The molecule has 0 aliphatic carbocycles. The molecule has 0 unspecified atom stereocenters. The lowest BCUT2D eigenvalue weighted by atomic mass is 10.1. The highest BCUT2D eigenvalue weighted by atomic mass is 16.2. The molecule has 3 aromatic heterocycles. The van der Waals surface area contributed by atoms with Crippen molar-refractivity contribution in [2.24, 2.45) is 0 Å². The summed E-state index contributed by atoms with van der Waals surface area (Å²) in [7, 11) is 0. The molecule has 29 heavy (non-hydrogen) atoms. The van der Waals surface area contributed by atoms with Gasteiger partial charge in [0.2, 0.25) is 0 Å². The quantitative estimate of drug-likeness (QED) is 0.437. The summed E-state index contributed by atoms with van der Waals surface area (Å²) < 4.78 is 0. The zero-order chi connectivity index (χ0) is 19.8. The number of carbonyl (C=O) groups is 1. The largest absolute Gasteiger partial charge is 0.343 e. The van der Waals surface area contributed by atoms with Crippen molar-refractivity contribution in [1.29, 1.82) is 0 Å². The average molecular weight is 382 g/mol. The number of amides is 1. The van der Waals surface area contributed by atoms with E-state index in [0.717, 1.165) is 33.2 Å². The molecule has 7 nitrogen and oxygen atoms in total. The second kappa shape index (κ2) is 6.87. The molecule has 0 spiro atoms. The highest BCUT2D eigenvalue weighted by molar-refractivity contribution is 6.02. The first-order valence-electron chi connectivity index (χ1n) is 9.33. The summed E-state index contributed by atoms with van der Waals surface area (Å²) in [6.45, 7) is 1.95. The average Bonchev–Trinajstić information content (AvgIpc) is 3.36. The molecule has 0 radical (unpaired) electrons. The smallest absolute Gasteiger partial charge is 0.287 e. The van der Waals surface area contributed by atoms with E-state index in [9.17, 15) is 4.79 Å². The third-order valence-corrected chi connectivity index (χ3v) is 4.98. The fourth-order valence-electron chi connectivity index (χ4n) is 3.45. The topological polar surface area (TPSA) is 99.3 Å². The first-order chi connectivity index (χ1) is 14.2. The van der Waals surface area contributed by atoms with Crippen LogP contribution in [0.25, 0.3) is 33.2 Å². The number of imidazole rings is 1. The minimum Gasteiger partial charge on any atom is -0.343 e. The molecule has 0 fully saturated rings. The molecular formula is C22H18N6O. The summed E-state index contributed by atoms with van der Waals surface area (Å²) in [5.74, 6) is 0.0440. The Hall–Kier alpha value is -4.00. The van der Waals surface area contributed by atoms with Crippen LogP contribution < -0.4 is 5.32 Å². The fraction of sp³-hybridized carbons (Fsp3) is 0.0909. The van der Waals surface area contributed by atoms with E-state index in [2.05, 4.69) is 30.5 Å². The number of hydrogen-bond donors (Lipinski definition) is 3. The van der Waals surface area contributed by atoms with Gasteiger partial charge in [0.25, 0.3) is 5.91 Å². The van der Waals surface area contributed by atoms with Gasteiger partial charge in [0, 0.05) is 23.3 Å². The van der Waals surface area contributed by atoms with Crippen molar-refractivity contribution in [2.75, 3.05) is 0 Å². The van der Waals surface area contributed by atoms with Crippen molar-refractivity contribution in [3.8, 4) is 11.3 Å². The van der Waals surface area contributed by atoms with Crippen LogP contribution >= 0.6 is 0 Å². The number of aromatic amines is 2. The molecular weight excluding hydrogens is 364 g/mol. The highest BCUT2D eigenvalue weighted by Gasteiger charge is 2.17. The monoisotopic (exact) mass is 382 g/mol. The minimum atomic E-state index is -0.242. The third kappa shape index (κ3) is 3.12. The molecule has 0 aliphatic heterocycles. The van der Waals surface area contributed by atoms with Crippen LogP contribution in [0.2, 0.25) is 0 Å². The van der Waals surface area contributed by atoms with Gasteiger partial charge in [-0.2, -0.15) is 5.10 Å². The summed E-state index contributed by atoms with van der Waals surface area (Å²) in [6, 6.07) is 17.4. The fourth-order valence-corrected chi connectivity index (χ4v) is 3.45. The number of aromatic nitrogens is 5. The molecule has 142 valence electrons. The molecule has 0 aliphatic rings. The number of benzene rings is 2. The number of pyridine rings is 1. The van der Waals surface area contributed by atoms with E-state index in [1.165, 1.54) is 0 Å². The van der Waals surface area contributed by atoms with Crippen LogP contribution in [-0.4, -0.2) is 31.1 Å². The predicted molar refractivity (Wildman–Crippen MR) is 111 cm³/mol. The Kier molecular flexibility index (Phi) is 4.05. The third-order valence-electron chi connectivity index (χ3n) is 4.98. The second-order valence-electron chi connectivity index (χ2n) is 6.91. The molecule has 0 bridgehead atoms. The molecule has 0 saturated carbocycles. The molecule has 2 aromatic carbocycles. The van der Waals surface area contributed by atoms with Gasteiger partial charge in [-0.15, -0.1) is 0 Å². The molecule has 5 rings (SSSR count). The Bertz CT molecular complexity index is 1310. The lowest BCUT2D eigenvalue weighted by Gasteiger charge is -2.12. The number of nitrogens with zero attached hydrogens (tertiary/aromatic N) is 3. The lowest BCUT2D eigenvalue weighted by molar-refractivity contribution is 0.0930. The van der Waals surface area contributed by atoms with E-state index in [1.54, 1.807) is 12.4 Å². The van der Waals surface area contributed by atoms with Crippen LogP contribution in [-0.2, 0) is 0 Å². The summed E-state index contributed by atoms with van der Waals surface area (Å²) >= 11 is 0.